The van der Waals surface area contributed by atoms with E-state index in [1.807, 2.05) is 0 Å². The molecule has 8 N–H and O–H groups in total. The molecule has 2 saturated heterocycles. The molecule has 0 aliphatic carbocycles. The molecular formula is C21H25F2N10O9PS. The van der Waals surface area contributed by atoms with Gasteiger partial charge in [0.25, 0.3) is 11.1 Å². The summed E-state index contributed by atoms with van der Waals surface area (Å²) in [6.45, 7) is -6.65. The highest BCUT2D eigenvalue weighted by Gasteiger charge is 2.55. The van der Waals surface area contributed by atoms with E-state index in [0.29, 0.717) is 0 Å². The molecule has 4 aromatic rings. The average molecular weight is 663 g/mol. The van der Waals surface area contributed by atoms with Gasteiger partial charge in [0.2, 0.25) is 11.9 Å². The molecule has 19 nitrogen and oxygen atoms in total. The average Bonchev–Trinajstić information content (AvgIpc) is 3.69. The van der Waals surface area contributed by atoms with Crippen LogP contribution in [0.3, 0.4) is 0 Å². The summed E-state index contributed by atoms with van der Waals surface area (Å²) in [5.74, 6) is -0.520. The molecule has 0 radical (unpaired) electrons. The normalized spacial score (nSPS) is 30.4. The summed E-state index contributed by atoms with van der Waals surface area (Å²) in [4.78, 5) is 44.6. The Labute approximate surface area is 248 Å². The molecule has 6 rings (SSSR count). The number of nitrogen functional groups attached to an aromatic ring is 2. The molecule has 44 heavy (non-hydrogen) atoms. The number of aromatic nitrogens is 8. The van der Waals surface area contributed by atoms with Gasteiger partial charge in [0.05, 0.1) is 25.9 Å². The number of nitrogens with one attached hydrogen (secondary N) is 2. The lowest BCUT2D eigenvalue weighted by atomic mass is 9.97. The van der Waals surface area contributed by atoms with Gasteiger partial charge in [0.1, 0.15) is 18.3 Å². The summed E-state index contributed by atoms with van der Waals surface area (Å²) in [6.07, 6.45) is -8.41. The maximum absolute atomic E-state index is 16.0. The first kappa shape index (κ1) is 30.5. The predicted octanol–water partition coefficient (Wildman–Crippen LogP) is -0.927. The molecule has 238 valence electrons. The summed E-state index contributed by atoms with van der Waals surface area (Å²) in [5, 5.41) is 20.0. The number of nitrogens with two attached hydrogens (primary N) is 2. The molecule has 6 heterocycles. The van der Waals surface area contributed by atoms with E-state index in [9.17, 15) is 24.4 Å². The maximum Gasteiger partial charge on any atom is 0.386 e. The second kappa shape index (κ2) is 11.1. The van der Waals surface area contributed by atoms with Gasteiger partial charge < -0.3 is 31.2 Å². The number of halogens is 2. The summed E-state index contributed by atoms with van der Waals surface area (Å²) >= 11 is 3.92. The Morgan fingerprint density at radius 2 is 1.68 bits per heavy atom. The highest BCUT2D eigenvalue weighted by atomic mass is 32.7. The third-order valence-corrected chi connectivity index (χ3v) is 8.77. The van der Waals surface area contributed by atoms with Gasteiger partial charge in [-0.2, -0.15) is 9.97 Å². The van der Waals surface area contributed by atoms with Gasteiger partial charge in [-0.3, -0.25) is 37.7 Å². The molecule has 0 spiro atoms. The molecule has 0 saturated carbocycles. The largest absolute Gasteiger partial charge is 0.396 e. The quantitative estimate of drug-likeness (QED) is 0.0843. The minimum atomic E-state index is -4.57. The van der Waals surface area contributed by atoms with Crippen molar-refractivity contribution in [2.45, 2.75) is 49.0 Å². The minimum absolute atomic E-state index is 0.0898. The molecular weight excluding hydrogens is 637 g/mol. The Morgan fingerprint density at radius 3 is 2.25 bits per heavy atom. The second-order valence-electron chi connectivity index (χ2n) is 10.1. The van der Waals surface area contributed by atoms with Crippen LogP contribution in [0.4, 0.5) is 20.7 Å². The van der Waals surface area contributed by atoms with E-state index < -0.39 is 86.8 Å². The molecule has 0 amide bonds. The van der Waals surface area contributed by atoms with Crippen LogP contribution >= 0.6 is 19.0 Å². The molecule has 2 aliphatic heterocycles. The number of anilines is 2. The highest BCUT2D eigenvalue weighted by molar-refractivity contribution is 8.44. The number of aliphatic hydroxyl groups excluding tert-OH is 2. The Morgan fingerprint density at radius 1 is 1.11 bits per heavy atom. The minimum Gasteiger partial charge on any atom is -0.396 e. The molecule has 1 unspecified atom stereocenters. The fraction of sp³-hybridized carbons (Fsp3) is 0.524. The fourth-order valence-corrected chi connectivity index (χ4v) is 6.58. The topological polar surface area (TPSA) is 274 Å². The van der Waals surface area contributed by atoms with Crippen LogP contribution in [0, 0.1) is 0 Å². The van der Waals surface area contributed by atoms with Gasteiger partial charge in [-0.05, 0) is 0 Å². The number of rotatable bonds is 9. The van der Waals surface area contributed by atoms with E-state index in [1.54, 1.807) is 0 Å². The first-order chi connectivity index (χ1) is 20.8. The predicted molar refractivity (Wildman–Crippen MR) is 148 cm³/mol. The fourth-order valence-electron chi connectivity index (χ4n) is 5.10. The molecule has 8 atom stereocenters. The van der Waals surface area contributed by atoms with Gasteiger partial charge >= 0.3 is 6.80 Å². The van der Waals surface area contributed by atoms with Crippen LogP contribution in [0.2, 0.25) is 0 Å². The van der Waals surface area contributed by atoms with Crippen LogP contribution in [0.15, 0.2) is 22.2 Å². The number of H-pyrrole nitrogens is 2. The molecule has 23 heteroatoms. The van der Waals surface area contributed by atoms with Crippen molar-refractivity contribution >= 4 is 53.3 Å². The van der Waals surface area contributed by atoms with E-state index in [4.69, 9.17) is 30.0 Å². The third kappa shape index (κ3) is 5.26. The van der Waals surface area contributed by atoms with Crippen molar-refractivity contribution in [1.82, 2.24) is 39.0 Å². The number of hydrogen-bond acceptors (Lipinski definition) is 15. The van der Waals surface area contributed by atoms with Crippen molar-refractivity contribution in [1.29, 1.82) is 0 Å². The lowest BCUT2D eigenvalue weighted by Gasteiger charge is -2.30. The zero-order valence-corrected chi connectivity index (χ0v) is 24.0. The van der Waals surface area contributed by atoms with Crippen LogP contribution in [0.1, 0.15) is 18.9 Å². The van der Waals surface area contributed by atoms with Crippen LogP contribution in [-0.4, -0.2) is 99.2 Å². The zero-order chi connectivity index (χ0) is 31.6. The molecule has 4 aromatic heterocycles. The summed E-state index contributed by atoms with van der Waals surface area (Å²) in [6, 6.07) is 0. The third-order valence-electron chi connectivity index (χ3n) is 7.18. The van der Waals surface area contributed by atoms with Crippen LogP contribution in [0.25, 0.3) is 22.3 Å². The van der Waals surface area contributed by atoms with Crippen molar-refractivity contribution < 1.29 is 42.1 Å². The highest BCUT2D eigenvalue weighted by Crippen LogP contribution is 2.58. The van der Waals surface area contributed by atoms with Gasteiger partial charge in [0, 0.05) is 13.0 Å². The van der Waals surface area contributed by atoms with Gasteiger partial charge in [-0.1, -0.05) is 12.2 Å². The Hall–Kier alpha value is -3.50. The standard InChI is InChI=1S/C21H25F2N10O9PS/c22-8-7(41-17(11(8)35)32-5-26-9-13(32)28-19(24)30-15(9)36)3-40-43(38,44)42-12-18(39-4-21(12,23)1-2-34)33-6-27-10-14(33)29-20(25)31-16(10)37/h5-8,11-12,17-18,34-35H,1-4H2,(H,38,44)(H3,24,28,30,36)(H3,25,29,31,37)/t7-,8+,11-,12+,17-,18-,21-,43?/m1/s1. The number of aliphatic hydroxyl groups is 2. The van der Waals surface area contributed by atoms with E-state index >= 15 is 8.78 Å². The zero-order valence-electron chi connectivity index (χ0n) is 22.2. The van der Waals surface area contributed by atoms with Crippen molar-refractivity contribution in [2.75, 3.05) is 31.3 Å². The monoisotopic (exact) mass is 662 g/mol. The van der Waals surface area contributed by atoms with Crippen molar-refractivity contribution in [3.63, 3.8) is 0 Å². The second-order valence-corrected chi connectivity index (χ2v) is 12.9. The lowest BCUT2D eigenvalue weighted by molar-refractivity contribution is -0.0521. The Balaban J connectivity index is 1.21. The lowest BCUT2D eigenvalue weighted by Crippen LogP contribution is -2.41. The van der Waals surface area contributed by atoms with Gasteiger partial charge in [-0.15, -0.1) is 0 Å². The van der Waals surface area contributed by atoms with E-state index in [1.165, 1.54) is 0 Å². The van der Waals surface area contributed by atoms with E-state index in [2.05, 4.69) is 42.2 Å². The first-order valence-corrected chi connectivity index (χ1v) is 15.5. The first-order valence-electron chi connectivity index (χ1n) is 12.8. The summed E-state index contributed by atoms with van der Waals surface area (Å²) in [7, 11) is 0. The van der Waals surface area contributed by atoms with Crippen LogP contribution in [0.5, 0.6) is 0 Å². The summed E-state index contributed by atoms with van der Waals surface area (Å²) in [5.41, 5.74) is 6.95. The van der Waals surface area contributed by atoms with E-state index in [-0.39, 0.29) is 34.2 Å². The SMILES string of the molecule is Nc1nc2c(ncn2[C@@H]2O[C@H](COP(=O)(S)O[C@H]3[C@H](n4cnc5c(=O)[nH]c(N)nc54)OC[C@]3(F)CCO)[C@H](F)[C@H]2O)c(=O)[nH]1. The molecule has 0 aromatic carbocycles. The Bertz CT molecular complexity index is 1890. The number of ether oxygens (including phenoxy) is 2. The number of nitrogens with zero attached hydrogens (tertiary/aromatic N) is 6. The number of aromatic amines is 2. The van der Waals surface area contributed by atoms with Crippen molar-refractivity contribution in [2.24, 2.45) is 0 Å². The molecule has 2 aliphatic rings. The smallest absolute Gasteiger partial charge is 0.386 e. The number of fused-ring (bicyclic) bond motifs is 2. The van der Waals surface area contributed by atoms with Crippen molar-refractivity contribution in [3.8, 4) is 0 Å². The van der Waals surface area contributed by atoms with Gasteiger partial charge in [0.15, 0.2) is 46.6 Å². The number of alkyl halides is 2. The summed E-state index contributed by atoms with van der Waals surface area (Å²) < 4.78 is 68.6. The van der Waals surface area contributed by atoms with E-state index in [0.717, 1.165) is 21.8 Å². The van der Waals surface area contributed by atoms with Crippen LogP contribution in [-0.2, 0) is 23.1 Å². The maximum atomic E-state index is 16.0. The number of imidazole rings is 2. The molecule has 0 bridgehead atoms. The van der Waals surface area contributed by atoms with Crippen molar-refractivity contribution in [3.05, 3.63) is 33.4 Å². The number of hydrogen-bond donors (Lipinski definition) is 7. The number of thiol groups is 1. The van der Waals surface area contributed by atoms with Gasteiger partial charge in [-0.25, -0.2) is 23.3 Å². The molecule has 2 fully saturated rings. The Kier molecular flexibility index (Phi) is 7.73. The van der Waals surface area contributed by atoms with Crippen LogP contribution < -0.4 is 22.6 Å².